The molecule has 2 aromatic rings. The van der Waals surface area contributed by atoms with Gasteiger partial charge in [-0.1, -0.05) is 30.7 Å². The lowest BCUT2D eigenvalue weighted by Gasteiger charge is -2.18. The molecule has 102 valence electrons. The lowest BCUT2D eigenvalue weighted by Crippen LogP contribution is -2.24. The average molecular weight is 347 g/mol. The van der Waals surface area contributed by atoms with E-state index in [1.165, 1.54) is 6.07 Å². The standard InChI is InChI=1S/C14H14BrClFNO/c1-2-7-18-13(14-10(15)6-8-19-14)9-4-3-5-11(16)12(9)17/h3-6,8,13,18H,2,7H2,1H3. The highest BCUT2D eigenvalue weighted by molar-refractivity contribution is 9.10. The van der Waals surface area contributed by atoms with E-state index in [9.17, 15) is 4.39 Å². The molecule has 0 spiro atoms. The third kappa shape index (κ3) is 3.19. The highest BCUT2D eigenvalue weighted by atomic mass is 79.9. The number of hydrogen-bond donors (Lipinski definition) is 1. The van der Waals surface area contributed by atoms with Gasteiger partial charge in [-0.25, -0.2) is 4.39 Å². The normalized spacial score (nSPS) is 12.6. The molecule has 2 nitrogen and oxygen atoms in total. The van der Waals surface area contributed by atoms with E-state index in [2.05, 4.69) is 28.2 Å². The summed E-state index contributed by atoms with van der Waals surface area (Å²) in [4.78, 5) is 0. The Kier molecular flexibility index (Phi) is 5.02. The third-order valence-corrected chi connectivity index (χ3v) is 3.74. The quantitative estimate of drug-likeness (QED) is 0.831. The molecule has 1 atom stereocenters. The van der Waals surface area contributed by atoms with E-state index < -0.39 is 5.82 Å². The fourth-order valence-electron chi connectivity index (χ4n) is 1.89. The van der Waals surface area contributed by atoms with Crippen LogP contribution in [0, 0.1) is 5.82 Å². The average Bonchev–Trinajstić information content (AvgIpc) is 2.81. The van der Waals surface area contributed by atoms with Crippen LogP contribution in [-0.4, -0.2) is 6.54 Å². The van der Waals surface area contributed by atoms with Crippen molar-refractivity contribution in [2.24, 2.45) is 0 Å². The van der Waals surface area contributed by atoms with Crippen LogP contribution in [0.1, 0.15) is 30.7 Å². The minimum atomic E-state index is -0.416. The summed E-state index contributed by atoms with van der Waals surface area (Å²) in [6, 6.07) is 6.41. The predicted octanol–water partition coefficient (Wildman–Crippen LogP) is 4.92. The molecule has 0 saturated heterocycles. The van der Waals surface area contributed by atoms with Crippen molar-refractivity contribution in [2.45, 2.75) is 19.4 Å². The van der Waals surface area contributed by atoms with Crippen molar-refractivity contribution in [1.29, 1.82) is 0 Å². The molecule has 0 bridgehead atoms. The molecule has 0 amide bonds. The maximum absolute atomic E-state index is 14.2. The van der Waals surface area contributed by atoms with Crippen LogP contribution in [-0.2, 0) is 0 Å². The number of benzene rings is 1. The van der Waals surface area contributed by atoms with Crippen LogP contribution in [0.15, 0.2) is 39.4 Å². The highest BCUT2D eigenvalue weighted by Gasteiger charge is 2.23. The monoisotopic (exact) mass is 345 g/mol. The van der Waals surface area contributed by atoms with Crippen molar-refractivity contribution in [1.82, 2.24) is 5.32 Å². The van der Waals surface area contributed by atoms with Crippen molar-refractivity contribution >= 4 is 27.5 Å². The Morgan fingerprint density at radius 3 is 2.84 bits per heavy atom. The summed E-state index contributed by atoms with van der Waals surface area (Å²) in [7, 11) is 0. The van der Waals surface area contributed by atoms with Crippen molar-refractivity contribution < 1.29 is 8.81 Å². The molecule has 1 unspecified atom stereocenters. The second-order valence-corrected chi connectivity index (χ2v) is 5.42. The Morgan fingerprint density at radius 1 is 1.42 bits per heavy atom. The van der Waals surface area contributed by atoms with Gasteiger partial charge in [-0.05, 0) is 41.0 Å². The van der Waals surface area contributed by atoms with Crippen LogP contribution in [0.3, 0.4) is 0 Å². The first kappa shape index (κ1) is 14.6. The summed E-state index contributed by atoms with van der Waals surface area (Å²) >= 11 is 9.26. The summed E-state index contributed by atoms with van der Waals surface area (Å²) in [5, 5.41) is 3.39. The van der Waals surface area contributed by atoms with Gasteiger partial charge in [0.25, 0.3) is 0 Å². The molecule has 5 heteroatoms. The van der Waals surface area contributed by atoms with E-state index in [0.717, 1.165) is 17.4 Å². The van der Waals surface area contributed by atoms with E-state index >= 15 is 0 Å². The zero-order valence-corrected chi connectivity index (χ0v) is 12.8. The zero-order chi connectivity index (χ0) is 13.8. The van der Waals surface area contributed by atoms with Crippen LogP contribution in [0.4, 0.5) is 4.39 Å². The molecule has 2 rings (SSSR count). The van der Waals surface area contributed by atoms with E-state index in [4.69, 9.17) is 16.0 Å². The summed E-state index contributed by atoms with van der Waals surface area (Å²) < 4.78 is 20.4. The van der Waals surface area contributed by atoms with Gasteiger partial charge < -0.3 is 9.73 Å². The first-order chi connectivity index (χ1) is 9.15. The van der Waals surface area contributed by atoms with Crippen molar-refractivity contribution in [2.75, 3.05) is 6.54 Å². The van der Waals surface area contributed by atoms with Crippen molar-refractivity contribution in [3.05, 3.63) is 57.2 Å². The molecule has 0 radical (unpaired) electrons. The summed E-state index contributed by atoms with van der Waals surface area (Å²) in [6.07, 6.45) is 2.51. The lowest BCUT2D eigenvalue weighted by atomic mass is 10.0. The van der Waals surface area contributed by atoms with Gasteiger partial charge in [0.1, 0.15) is 11.6 Å². The maximum atomic E-state index is 14.2. The second-order valence-electron chi connectivity index (χ2n) is 4.16. The van der Waals surface area contributed by atoms with Crippen molar-refractivity contribution in [3.63, 3.8) is 0 Å². The third-order valence-electron chi connectivity index (χ3n) is 2.80. The minimum Gasteiger partial charge on any atom is -0.466 e. The van der Waals surface area contributed by atoms with Crippen molar-refractivity contribution in [3.8, 4) is 0 Å². The molecule has 0 aliphatic heterocycles. The van der Waals surface area contributed by atoms with E-state index in [1.807, 2.05) is 0 Å². The molecule has 0 saturated carbocycles. The van der Waals surface area contributed by atoms with Gasteiger partial charge >= 0.3 is 0 Å². The Hall–Kier alpha value is -0.840. The smallest absolute Gasteiger partial charge is 0.147 e. The fraction of sp³-hybridized carbons (Fsp3) is 0.286. The molecule has 1 aromatic heterocycles. The van der Waals surface area contributed by atoms with E-state index in [-0.39, 0.29) is 11.1 Å². The molecule has 1 heterocycles. The number of halogens is 3. The number of furan rings is 1. The van der Waals surface area contributed by atoms with Gasteiger partial charge in [-0.2, -0.15) is 0 Å². The molecule has 0 aliphatic carbocycles. The van der Waals surface area contributed by atoms with Gasteiger partial charge in [0.15, 0.2) is 0 Å². The lowest BCUT2D eigenvalue weighted by molar-refractivity contribution is 0.434. The molecule has 1 aromatic carbocycles. The Bertz CT molecular complexity index is 558. The Labute approximate surface area is 125 Å². The number of hydrogen-bond acceptors (Lipinski definition) is 2. The van der Waals surface area contributed by atoms with Crippen LogP contribution >= 0.6 is 27.5 Å². The van der Waals surface area contributed by atoms with Gasteiger partial charge in [-0.3, -0.25) is 0 Å². The fourth-order valence-corrected chi connectivity index (χ4v) is 2.50. The summed E-state index contributed by atoms with van der Waals surface area (Å²) in [6.45, 7) is 2.80. The van der Waals surface area contributed by atoms with Crippen LogP contribution < -0.4 is 5.32 Å². The predicted molar refractivity (Wildman–Crippen MR) is 78.0 cm³/mol. The second kappa shape index (κ2) is 6.55. The van der Waals surface area contributed by atoms with Gasteiger partial charge in [0, 0.05) is 5.56 Å². The molecule has 19 heavy (non-hydrogen) atoms. The van der Waals surface area contributed by atoms with Gasteiger partial charge in [0.2, 0.25) is 0 Å². The highest BCUT2D eigenvalue weighted by Crippen LogP contribution is 2.32. The molecular weight excluding hydrogens is 333 g/mol. The number of nitrogens with one attached hydrogen (secondary N) is 1. The largest absolute Gasteiger partial charge is 0.466 e. The van der Waals surface area contributed by atoms with Crippen LogP contribution in [0.2, 0.25) is 5.02 Å². The molecular formula is C14H14BrClFNO. The minimum absolute atomic E-state index is 0.114. The molecule has 0 aliphatic rings. The molecule has 0 fully saturated rings. The van der Waals surface area contributed by atoms with Crippen LogP contribution in [0.5, 0.6) is 0 Å². The van der Waals surface area contributed by atoms with Gasteiger partial charge in [-0.15, -0.1) is 0 Å². The summed E-state index contributed by atoms with van der Waals surface area (Å²) in [5.41, 5.74) is 0.483. The first-order valence-electron chi connectivity index (χ1n) is 6.05. The first-order valence-corrected chi connectivity index (χ1v) is 7.22. The molecule has 1 N–H and O–H groups in total. The van der Waals surface area contributed by atoms with Crippen LogP contribution in [0.25, 0.3) is 0 Å². The topological polar surface area (TPSA) is 25.2 Å². The van der Waals surface area contributed by atoms with E-state index in [1.54, 1.807) is 24.5 Å². The van der Waals surface area contributed by atoms with E-state index in [0.29, 0.717) is 11.3 Å². The Morgan fingerprint density at radius 2 is 2.21 bits per heavy atom. The van der Waals surface area contributed by atoms with Gasteiger partial charge in [0.05, 0.1) is 21.8 Å². The Balaban J connectivity index is 2.43. The zero-order valence-electron chi connectivity index (χ0n) is 10.4. The SMILES string of the molecule is CCCNC(c1cccc(Cl)c1F)c1occc1Br. The maximum Gasteiger partial charge on any atom is 0.147 e. The summed E-state index contributed by atoms with van der Waals surface area (Å²) in [5.74, 6) is 0.232. The number of rotatable bonds is 5.